The minimum Gasteiger partial charge on any atom is -0.319 e. The summed E-state index contributed by atoms with van der Waals surface area (Å²) in [6.45, 7) is 0. The number of hydrogen-bond donors (Lipinski definition) is 1. The Balaban J connectivity index is 2.30. The Morgan fingerprint density at radius 2 is 2.15 bits per heavy atom. The Morgan fingerprint density at radius 1 is 1.40 bits per heavy atom. The maximum absolute atomic E-state index is 13.5. The molecule has 6 nitrogen and oxygen atoms in total. The molecule has 0 radical (unpaired) electrons. The number of carbonyl (C=O) groups is 1. The molecule has 20 heavy (non-hydrogen) atoms. The van der Waals surface area contributed by atoms with Crippen LogP contribution in [0.2, 0.25) is 0 Å². The number of pyridine rings is 1. The second-order valence-corrected chi connectivity index (χ2v) is 4.47. The van der Waals surface area contributed by atoms with Crippen LogP contribution in [-0.4, -0.2) is 15.8 Å². The first kappa shape index (κ1) is 14.1. The highest BCUT2D eigenvalue weighted by atomic mass is 79.9. The van der Waals surface area contributed by atoms with Gasteiger partial charge in [0, 0.05) is 18.3 Å². The maximum Gasteiger partial charge on any atom is 0.271 e. The van der Waals surface area contributed by atoms with Crippen LogP contribution in [0.3, 0.4) is 0 Å². The molecule has 0 aliphatic carbocycles. The van der Waals surface area contributed by atoms with E-state index in [4.69, 9.17) is 0 Å². The lowest BCUT2D eigenvalue weighted by Crippen LogP contribution is -2.14. The Morgan fingerprint density at radius 3 is 2.80 bits per heavy atom. The van der Waals surface area contributed by atoms with Gasteiger partial charge in [-0.25, -0.2) is 9.37 Å². The average Bonchev–Trinajstić information content (AvgIpc) is 2.41. The van der Waals surface area contributed by atoms with Crippen molar-refractivity contribution in [3.63, 3.8) is 0 Å². The first-order chi connectivity index (χ1) is 9.49. The first-order valence-corrected chi connectivity index (χ1v) is 6.14. The third-order valence-corrected chi connectivity index (χ3v) is 3.04. The fraction of sp³-hybridized carbons (Fsp3) is 0. The summed E-state index contributed by atoms with van der Waals surface area (Å²) in [5.41, 5.74) is -0.384. The summed E-state index contributed by atoms with van der Waals surface area (Å²) in [6.07, 6.45) is 1.48. The number of hydrogen-bond acceptors (Lipinski definition) is 4. The standard InChI is InChI=1S/C12H7BrFN3O3/c13-11-8(2-1-5-15-11)12(18)16-10-6-7(17(19)20)3-4-9(10)14/h1-6H,(H,16,18). The number of halogens is 2. The van der Waals surface area contributed by atoms with Crippen LogP contribution in [0, 0.1) is 15.9 Å². The number of anilines is 1. The number of benzene rings is 1. The zero-order valence-corrected chi connectivity index (χ0v) is 11.4. The summed E-state index contributed by atoms with van der Waals surface area (Å²) in [4.78, 5) is 25.8. The van der Waals surface area contributed by atoms with E-state index in [1.54, 1.807) is 6.07 Å². The van der Waals surface area contributed by atoms with Crippen LogP contribution in [0.5, 0.6) is 0 Å². The highest BCUT2D eigenvalue weighted by Gasteiger charge is 2.15. The van der Waals surface area contributed by atoms with Crippen molar-refractivity contribution in [1.82, 2.24) is 4.98 Å². The van der Waals surface area contributed by atoms with E-state index >= 15 is 0 Å². The van der Waals surface area contributed by atoms with Gasteiger partial charge in [0.25, 0.3) is 11.6 Å². The number of nitrogens with zero attached hydrogens (tertiary/aromatic N) is 2. The van der Waals surface area contributed by atoms with Crippen LogP contribution in [0.15, 0.2) is 41.1 Å². The fourth-order valence-electron chi connectivity index (χ4n) is 1.47. The monoisotopic (exact) mass is 339 g/mol. The minimum absolute atomic E-state index is 0.193. The van der Waals surface area contributed by atoms with Crippen molar-refractivity contribution < 1.29 is 14.1 Å². The molecule has 0 unspecified atom stereocenters. The molecule has 1 aromatic heterocycles. The second kappa shape index (κ2) is 5.74. The van der Waals surface area contributed by atoms with Gasteiger partial charge in [0.2, 0.25) is 0 Å². The molecular formula is C12H7BrFN3O3. The molecule has 0 aliphatic heterocycles. The quantitative estimate of drug-likeness (QED) is 0.528. The van der Waals surface area contributed by atoms with E-state index in [1.165, 1.54) is 12.3 Å². The molecule has 1 aromatic carbocycles. The lowest BCUT2D eigenvalue weighted by Gasteiger charge is -2.07. The number of nitrogens with one attached hydrogen (secondary N) is 1. The molecule has 0 bridgehead atoms. The SMILES string of the molecule is O=C(Nc1cc([N+](=O)[O-])ccc1F)c1cccnc1Br. The molecule has 0 aliphatic rings. The van der Waals surface area contributed by atoms with Gasteiger partial charge in [0.15, 0.2) is 0 Å². The molecule has 1 amide bonds. The third kappa shape index (κ3) is 2.97. The first-order valence-electron chi connectivity index (χ1n) is 5.35. The number of rotatable bonds is 3. The molecule has 2 aromatic rings. The Hall–Kier alpha value is -2.35. The van der Waals surface area contributed by atoms with E-state index in [-0.39, 0.29) is 16.9 Å². The van der Waals surface area contributed by atoms with Crippen molar-refractivity contribution in [2.24, 2.45) is 0 Å². The van der Waals surface area contributed by atoms with E-state index in [9.17, 15) is 19.3 Å². The van der Waals surface area contributed by atoms with Crippen LogP contribution in [0.4, 0.5) is 15.8 Å². The number of nitro groups is 1. The molecule has 102 valence electrons. The highest BCUT2D eigenvalue weighted by Crippen LogP contribution is 2.22. The van der Waals surface area contributed by atoms with E-state index in [0.29, 0.717) is 4.60 Å². The van der Waals surface area contributed by atoms with Crippen molar-refractivity contribution >= 4 is 33.2 Å². The van der Waals surface area contributed by atoms with Gasteiger partial charge in [0.05, 0.1) is 16.2 Å². The maximum atomic E-state index is 13.5. The number of amides is 1. The molecule has 2 rings (SSSR count). The lowest BCUT2D eigenvalue weighted by atomic mass is 10.2. The summed E-state index contributed by atoms with van der Waals surface area (Å²) in [5, 5.41) is 12.9. The van der Waals surface area contributed by atoms with Crippen LogP contribution in [0.1, 0.15) is 10.4 Å². The molecule has 8 heteroatoms. The smallest absolute Gasteiger partial charge is 0.271 e. The van der Waals surface area contributed by atoms with Crippen LogP contribution < -0.4 is 5.32 Å². The number of non-ortho nitro benzene ring substituents is 1. The van der Waals surface area contributed by atoms with Crippen molar-refractivity contribution in [1.29, 1.82) is 0 Å². The topological polar surface area (TPSA) is 85.1 Å². The normalized spacial score (nSPS) is 10.1. The summed E-state index contributed by atoms with van der Waals surface area (Å²) in [5.74, 6) is -1.38. The lowest BCUT2D eigenvalue weighted by molar-refractivity contribution is -0.384. The Kier molecular flexibility index (Phi) is 4.04. The summed E-state index contributed by atoms with van der Waals surface area (Å²) in [6, 6.07) is 5.93. The molecule has 1 heterocycles. The van der Waals surface area contributed by atoms with E-state index in [0.717, 1.165) is 18.2 Å². The van der Waals surface area contributed by atoms with Crippen LogP contribution in [-0.2, 0) is 0 Å². The molecule has 0 atom stereocenters. The predicted molar refractivity (Wildman–Crippen MR) is 72.9 cm³/mol. The zero-order valence-electron chi connectivity index (χ0n) is 9.84. The summed E-state index contributed by atoms with van der Waals surface area (Å²) >= 11 is 3.09. The van der Waals surface area contributed by atoms with Gasteiger partial charge in [-0.3, -0.25) is 14.9 Å². The molecular weight excluding hydrogens is 333 g/mol. The van der Waals surface area contributed by atoms with E-state index < -0.39 is 16.6 Å². The van der Waals surface area contributed by atoms with E-state index in [1.807, 2.05) is 0 Å². The van der Waals surface area contributed by atoms with Gasteiger partial charge < -0.3 is 5.32 Å². The van der Waals surface area contributed by atoms with Crippen molar-refractivity contribution in [2.45, 2.75) is 0 Å². The largest absolute Gasteiger partial charge is 0.319 e. The Bertz CT molecular complexity index is 693. The molecule has 0 spiro atoms. The van der Waals surface area contributed by atoms with Gasteiger partial charge in [-0.2, -0.15) is 0 Å². The predicted octanol–water partition coefficient (Wildman–Crippen LogP) is 3.14. The summed E-state index contributed by atoms with van der Waals surface area (Å²) in [7, 11) is 0. The van der Waals surface area contributed by atoms with Gasteiger partial charge in [-0.15, -0.1) is 0 Å². The molecule has 0 saturated heterocycles. The number of aromatic nitrogens is 1. The second-order valence-electron chi connectivity index (χ2n) is 3.72. The van der Waals surface area contributed by atoms with Gasteiger partial charge in [-0.1, -0.05) is 0 Å². The summed E-state index contributed by atoms with van der Waals surface area (Å²) < 4.78 is 13.8. The number of nitro benzene ring substituents is 1. The zero-order chi connectivity index (χ0) is 14.7. The molecule has 0 saturated carbocycles. The van der Waals surface area contributed by atoms with Crippen LogP contribution in [0.25, 0.3) is 0 Å². The van der Waals surface area contributed by atoms with Crippen molar-refractivity contribution in [2.75, 3.05) is 5.32 Å². The van der Waals surface area contributed by atoms with Crippen molar-refractivity contribution in [3.05, 3.63) is 62.6 Å². The van der Waals surface area contributed by atoms with Crippen LogP contribution >= 0.6 is 15.9 Å². The van der Waals surface area contributed by atoms with Gasteiger partial charge >= 0.3 is 0 Å². The molecule has 0 fully saturated rings. The average molecular weight is 340 g/mol. The van der Waals surface area contributed by atoms with Gasteiger partial charge in [0.1, 0.15) is 10.4 Å². The van der Waals surface area contributed by atoms with Gasteiger partial charge in [-0.05, 0) is 34.1 Å². The number of carbonyl (C=O) groups excluding carboxylic acids is 1. The van der Waals surface area contributed by atoms with E-state index in [2.05, 4.69) is 26.2 Å². The minimum atomic E-state index is -0.760. The molecule has 1 N–H and O–H groups in total. The fourth-order valence-corrected chi connectivity index (χ4v) is 1.90. The third-order valence-electron chi connectivity index (χ3n) is 2.41. The Labute approximate surface area is 120 Å². The highest BCUT2D eigenvalue weighted by molar-refractivity contribution is 9.10. The van der Waals surface area contributed by atoms with Crippen molar-refractivity contribution in [3.8, 4) is 0 Å².